The van der Waals surface area contributed by atoms with Crippen molar-refractivity contribution >= 4 is 29.3 Å². The third kappa shape index (κ3) is 6.61. The summed E-state index contributed by atoms with van der Waals surface area (Å²) in [6.45, 7) is 3.74. The monoisotopic (exact) mass is 503 g/mol. The summed E-state index contributed by atoms with van der Waals surface area (Å²) in [5.41, 5.74) is 1.71. The van der Waals surface area contributed by atoms with Crippen LogP contribution >= 0.6 is 11.6 Å². The minimum Gasteiger partial charge on any atom is -0.476 e. The molecule has 3 aromatic carbocycles. The number of rotatable bonds is 10. The van der Waals surface area contributed by atoms with Crippen LogP contribution in [0, 0.1) is 0 Å². The topological polar surface area (TPSA) is 81.7 Å². The van der Waals surface area contributed by atoms with Gasteiger partial charge in [0.2, 0.25) is 5.60 Å². The molecule has 0 aromatic heterocycles. The second-order valence-electron chi connectivity index (χ2n) is 8.95. The number of hydrogen-bond donors (Lipinski definition) is 1. The summed E-state index contributed by atoms with van der Waals surface area (Å²) in [6.07, 6.45) is 3.26. The summed E-state index contributed by atoms with van der Waals surface area (Å²) in [4.78, 5) is 37.0. The highest BCUT2D eigenvalue weighted by molar-refractivity contribution is 6.30. The average molecular weight is 504 g/mol. The number of allylic oxidation sites excluding steroid dienone is 2. The molecule has 4 rings (SSSR count). The van der Waals surface area contributed by atoms with E-state index < -0.39 is 11.6 Å². The molecule has 1 N–H and O–H groups in total. The number of hydrogen-bond acceptors (Lipinski definition) is 5. The highest BCUT2D eigenvalue weighted by atomic mass is 35.5. The molecule has 1 aliphatic carbocycles. The maximum absolute atomic E-state index is 12.7. The first kappa shape index (κ1) is 25.2. The van der Waals surface area contributed by atoms with Crippen LogP contribution in [0.3, 0.4) is 0 Å². The number of nitrogens with one attached hydrogen (secondary N) is 1. The first-order chi connectivity index (χ1) is 17.2. The van der Waals surface area contributed by atoms with Crippen molar-refractivity contribution in [2.24, 2.45) is 0 Å². The van der Waals surface area contributed by atoms with Crippen molar-refractivity contribution in [1.29, 1.82) is 0 Å². The Hall–Kier alpha value is -3.90. The number of esters is 1. The van der Waals surface area contributed by atoms with Crippen molar-refractivity contribution < 1.29 is 23.9 Å². The Morgan fingerprint density at radius 3 is 2.06 bits per heavy atom. The molecule has 0 fully saturated rings. The summed E-state index contributed by atoms with van der Waals surface area (Å²) in [6, 6.07) is 20.5. The van der Waals surface area contributed by atoms with E-state index in [2.05, 4.69) is 5.32 Å². The van der Waals surface area contributed by atoms with Gasteiger partial charge in [-0.05, 0) is 92.9 Å². The van der Waals surface area contributed by atoms with E-state index in [4.69, 9.17) is 21.1 Å². The molecule has 7 heteroatoms. The third-order valence-electron chi connectivity index (χ3n) is 5.62. The molecule has 3 aromatic rings. The Morgan fingerprint density at radius 2 is 1.44 bits per heavy atom. The molecule has 0 bridgehead atoms. The summed E-state index contributed by atoms with van der Waals surface area (Å²) in [5.74, 6) is 0.149. The van der Waals surface area contributed by atoms with Gasteiger partial charge in [-0.15, -0.1) is 0 Å². The highest BCUT2D eigenvalue weighted by Crippen LogP contribution is 2.26. The zero-order valence-corrected chi connectivity index (χ0v) is 20.8. The van der Waals surface area contributed by atoms with Gasteiger partial charge >= 0.3 is 5.97 Å². The van der Waals surface area contributed by atoms with Crippen LogP contribution in [0.2, 0.25) is 5.02 Å². The van der Waals surface area contributed by atoms with Crippen molar-refractivity contribution in [3.8, 4) is 11.5 Å². The fraction of sp³-hybridized carbons (Fsp3) is 0.207. The van der Waals surface area contributed by atoms with Crippen LogP contribution in [0.25, 0.3) is 0 Å². The average Bonchev–Trinajstić information content (AvgIpc) is 3.71. The second kappa shape index (κ2) is 10.8. The molecule has 0 radical (unpaired) electrons. The minimum absolute atomic E-state index is 0.00363. The maximum atomic E-state index is 12.7. The van der Waals surface area contributed by atoms with Gasteiger partial charge in [0, 0.05) is 28.3 Å². The zero-order chi connectivity index (χ0) is 25.7. The molecular weight excluding hydrogens is 478 g/mol. The normalized spacial score (nSPS) is 12.4. The van der Waals surface area contributed by atoms with Gasteiger partial charge in [0.15, 0.2) is 5.78 Å². The number of ether oxygens (including phenoxy) is 2. The zero-order valence-electron chi connectivity index (χ0n) is 20.0. The summed E-state index contributed by atoms with van der Waals surface area (Å²) < 4.78 is 11.4. The number of amides is 1. The summed E-state index contributed by atoms with van der Waals surface area (Å²) >= 11 is 5.85. The van der Waals surface area contributed by atoms with E-state index in [1.807, 2.05) is 18.2 Å². The fourth-order valence-electron chi connectivity index (χ4n) is 3.41. The van der Waals surface area contributed by atoms with Gasteiger partial charge in [0.05, 0.1) is 0 Å². The largest absolute Gasteiger partial charge is 0.476 e. The van der Waals surface area contributed by atoms with E-state index in [1.54, 1.807) is 74.5 Å². The number of carbonyl (C=O) groups excluding carboxylic acids is 3. The van der Waals surface area contributed by atoms with Crippen molar-refractivity contribution in [2.45, 2.75) is 32.3 Å². The van der Waals surface area contributed by atoms with Crippen LogP contribution in [0.15, 0.2) is 84.4 Å². The summed E-state index contributed by atoms with van der Waals surface area (Å²) in [5, 5.41) is 3.46. The number of Topliss-reactive ketones (excluding diaryl/α,β-unsaturated/α-hetero) is 1. The quantitative estimate of drug-likeness (QED) is 0.221. The number of benzene rings is 3. The molecule has 0 saturated heterocycles. The fourth-order valence-corrected chi connectivity index (χ4v) is 3.54. The highest BCUT2D eigenvalue weighted by Gasteiger charge is 2.32. The molecule has 184 valence electrons. The van der Waals surface area contributed by atoms with Crippen molar-refractivity contribution in [3.05, 3.63) is 106 Å². The minimum atomic E-state index is -1.23. The second-order valence-corrected chi connectivity index (χ2v) is 9.38. The molecule has 0 spiro atoms. The molecule has 36 heavy (non-hydrogen) atoms. The van der Waals surface area contributed by atoms with Gasteiger partial charge in [-0.2, -0.15) is 0 Å². The molecule has 0 atom stereocenters. The third-order valence-corrected chi connectivity index (χ3v) is 5.87. The number of halogens is 1. The molecule has 1 amide bonds. The Morgan fingerprint density at radius 1 is 0.861 bits per heavy atom. The van der Waals surface area contributed by atoms with Gasteiger partial charge in [0.1, 0.15) is 11.5 Å². The lowest BCUT2D eigenvalue weighted by atomic mass is 10.1. The Bertz CT molecular complexity index is 1290. The SMILES string of the molecule is CC(C)(Oc1ccc(CCNC(=O)c2ccc(Cl)cc2)cc1)C(=O)Oc1ccc(C(=O)C2=CC2)cc1. The standard InChI is InChI=1S/C29H26ClNO5/c1-29(2,28(34)35-24-15-9-21(10-16-24)26(32)20-5-6-20)36-25-13-3-19(4-14-25)17-18-31-27(33)22-7-11-23(30)12-8-22/h3-5,7-16H,6,17-18H2,1-2H3,(H,31,33). The van der Waals surface area contributed by atoms with E-state index in [1.165, 1.54) is 0 Å². The molecule has 0 heterocycles. The van der Waals surface area contributed by atoms with Gasteiger partial charge in [-0.1, -0.05) is 29.8 Å². The Kier molecular flexibility index (Phi) is 7.55. The first-order valence-corrected chi connectivity index (χ1v) is 12.0. The molecule has 0 aliphatic heterocycles. The van der Waals surface area contributed by atoms with Gasteiger partial charge in [-0.3, -0.25) is 9.59 Å². The smallest absolute Gasteiger partial charge is 0.355 e. The van der Waals surface area contributed by atoms with Crippen LogP contribution in [-0.2, 0) is 11.2 Å². The van der Waals surface area contributed by atoms with Crippen LogP contribution < -0.4 is 14.8 Å². The lowest BCUT2D eigenvalue weighted by Gasteiger charge is -2.24. The van der Waals surface area contributed by atoms with Crippen LogP contribution in [0.1, 0.15) is 46.5 Å². The molecular formula is C29H26ClNO5. The van der Waals surface area contributed by atoms with E-state index >= 15 is 0 Å². The van der Waals surface area contributed by atoms with Gasteiger partial charge < -0.3 is 14.8 Å². The Labute approximate surface area is 214 Å². The van der Waals surface area contributed by atoms with Crippen LogP contribution in [0.4, 0.5) is 0 Å². The molecule has 0 unspecified atom stereocenters. The van der Waals surface area contributed by atoms with E-state index in [9.17, 15) is 14.4 Å². The number of ketones is 1. The van der Waals surface area contributed by atoms with Crippen LogP contribution in [-0.4, -0.2) is 29.8 Å². The lowest BCUT2D eigenvalue weighted by molar-refractivity contribution is -0.149. The predicted molar refractivity (Wildman–Crippen MR) is 138 cm³/mol. The van der Waals surface area contributed by atoms with E-state index in [0.717, 1.165) is 17.6 Å². The van der Waals surface area contributed by atoms with Crippen molar-refractivity contribution in [1.82, 2.24) is 5.32 Å². The number of carbonyl (C=O) groups is 3. The molecule has 1 aliphatic rings. The van der Waals surface area contributed by atoms with Crippen LogP contribution in [0.5, 0.6) is 11.5 Å². The predicted octanol–water partition coefficient (Wildman–Crippen LogP) is 5.59. The van der Waals surface area contributed by atoms with Crippen molar-refractivity contribution in [3.63, 3.8) is 0 Å². The molecule has 6 nitrogen and oxygen atoms in total. The van der Waals surface area contributed by atoms with Crippen molar-refractivity contribution in [2.75, 3.05) is 6.54 Å². The van der Waals surface area contributed by atoms with Gasteiger partial charge in [-0.25, -0.2) is 4.79 Å². The maximum Gasteiger partial charge on any atom is 0.355 e. The first-order valence-electron chi connectivity index (χ1n) is 11.6. The van der Waals surface area contributed by atoms with E-state index in [0.29, 0.717) is 40.6 Å². The van der Waals surface area contributed by atoms with E-state index in [-0.39, 0.29) is 11.7 Å². The van der Waals surface area contributed by atoms with Gasteiger partial charge in [0.25, 0.3) is 5.91 Å². The lowest BCUT2D eigenvalue weighted by Crippen LogP contribution is -2.41. The summed E-state index contributed by atoms with van der Waals surface area (Å²) in [7, 11) is 0. The molecule has 0 saturated carbocycles. The Balaban J connectivity index is 1.26.